The Morgan fingerprint density at radius 1 is 1.26 bits per heavy atom. The summed E-state index contributed by atoms with van der Waals surface area (Å²) in [7, 11) is 0. The molecule has 1 aromatic rings. The van der Waals surface area contributed by atoms with Gasteiger partial charge in [-0.2, -0.15) is 5.10 Å². The maximum atomic E-state index is 12.4. The first-order valence-electron chi connectivity index (χ1n) is 10.2. The Balaban J connectivity index is 1.29. The molecule has 2 saturated carbocycles. The SMILES string of the molecule is C[C@@H]1C=C(N2C[C@H](C)C(NC(=O)c3cncnc3)=N2)[C@H]2CC2[C@H]1CC1CC1. The van der Waals surface area contributed by atoms with E-state index in [9.17, 15) is 4.79 Å². The third-order valence-electron chi connectivity index (χ3n) is 6.69. The van der Waals surface area contributed by atoms with Crippen LogP contribution in [0.3, 0.4) is 0 Å². The van der Waals surface area contributed by atoms with Crippen LogP contribution < -0.4 is 5.32 Å². The number of hydrazone groups is 1. The average Bonchev–Trinajstić information content (AvgIpc) is 3.58. The van der Waals surface area contributed by atoms with Gasteiger partial charge in [-0.3, -0.25) is 9.80 Å². The number of hydrogen-bond donors (Lipinski definition) is 1. The van der Waals surface area contributed by atoms with Crippen molar-refractivity contribution in [1.82, 2.24) is 20.3 Å². The third kappa shape index (κ3) is 3.26. The zero-order chi connectivity index (χ0) is 18.5. The minimum atomic E-state index is -0.192. The van der Waals surface area contributed by atoms with Gasteiger partial charge < -0.3 is 5.32 Å². The largest absolute Gasteiger partial charge is 0.308 e. The molecular weight excluding hydrogens is 338 g/mol. The average molecular weight is 365 g/mol. The Morgan fingerprint density at radius 3 is 2.78 bits per heavy atom. The number of hydrogen-bond acceptors (Lipinski definition) is 5. The molecule has 6 heteroatoms. The predicted octanol–water partition coefficient (Wildman–Crippen LogP) is 3.06. The van der Waals surface area contributed by atoms with Gasteiger partial charge in [0.25, 0.3) is 5.91 Å². The number of allylic oxidation sites excluding steroid dienone is 2. The highest BCUT2D eigenvalue weighted by Gasteiger charge is 2.52. The molecule has 27 heavy (non-hydrogen) atoms. The highest BCUT2D eigenvalue weighted by Crippen LogP contribution is 2.59. The number of nitrogens with zero attached hydrogens (tertiary/aromatic N) is 4. The lowest BCUT2D eigenvalue weighted by atomic mass is 9.80. The molecule has 2 fully saturated rings. The Kier molecular flexibility index (Phi) is 4.02. The molecule has 1 unspecified atom stereocenters. The lowest BCUT2D eigenvalue weighted by Gasteiger charge is -2.30. The van der Waals surface area contributed by atoms with Crippen molar-refractivity contribution < 1.29 is 4.79 Å². The minimum absolute atomic E-state index is 0.192. The summed E-state index contributed by atoms with van der Waals surface area (Å²) in [5, 5.41) is 9.89. The fourth-order valence-corrected chi connectivity index (χ4v) is 4.87. The molecule has 2 heterocycles. The number of amides is 1. The lowest BCUT2D eigenvalue weighted by Crippen LogP contribution is -2.33. The van der Waals surface area contributed by atoms with Crippen LogP contribution in [-0.2, 0) is 0 Å². The fourth-order valence-electron chi connectivity index (χ4n) is 4.87. The summed E-state index contributed by atoms with van der Waals surface area (Å²) in [5.74, 6) is 4.79. The van der Waals surface area contributed by atoms with E-state index in [0.717, 1.165) is 30.1 Å². The van der Waals surface area contributed by atoms with Crippen LogP contribution in [0.4, 0.5) is 0 Å². The van der Waals surface area contributed by atoms with Crippen molar-refractivity contribution in [1.29, 1.82) is 0 Å². The van der Waals surface area contributed by atoms with Gasteiger partial charge in [-0.05, 0) is 36.5 Å². The first kappa shape index (κ1) is 16.9. The molecule has 142 valence electrons. The highest BCUT2D eigenvalue weighted by molar-refractivity contribution is 6.07. The molecule has 1 N–H and O–H groups in total. The maximum absolute atomic E-state index is 12.4. The van der Waals surface area contributed by atoms with Crippen LogP contribution in [-0.4, -0.2) is 33.3 Å². The molecular formula is C21H27N5O. The van der Waals surface area contributed by atoms with E-state index >= 15 is 0 Å². The molecule has 0 aromatic carbocycles. The molecule has 5 rings (SSSR count). The zero-order valence-electron chi connectivity index (χ0n) is 16.0. The second kappa shape index (κ2) is 6.43. The highest BCUT2D eigenvalue weighted by atomic mass is 16.1. The second-order valence-electron chi connectivity index (χ2n) is 8.85. The van der Waals surface area contributed by atoms with Gasteiger partial charge in [0.1, 0.15) is 12.2 Å². The number of carbonyl (C=O) groups excluding carboxylic acids is 1. The van der Waals surface area contributed by atoms with E-state index in [1.807, 2.05) is 0 Å². The summed E-state index contributed by atoms with van der Waals surface area (Å²) in [6, 6.07) is 0. The van der Waals surface area contributed by atoms with Crippen LogP contribution in [0.25, 0.3) is 0 Å². The van der Waals surface area contributed by atoms with Crippen molar-refractivity contribution in [3.8, 4) is 0 Å². The molecule has 6 nitrogen and oxygen atoms in total. The summed E-state index contributed by atoms with van der Waals surface area (Å²) < 4.78 is 0. The van der Waals surface area contributed by atoms with Crippen molar-refractivity contribution in [3.63, 3.8) is 0 Å². The van der Waals surface area contributed by atoms with E-state index in [-0.39, 0.29) is 11.8 Å². The first-order chi connectivity index (χ1) is 13.1. The maximum Gasteiger partial charge on any atom is 0.259 e. The number of nitrogens with one attached hydrogen (secondary N) is 1. The standard InChI is InChI=1S/C21H27N5O/c1-12-5-19(18-7-17(18)16(12)6-14-3-4-14)26-10-13(2)20(25-26)24-21(27)15-8-22-11-23-9-15/h5,8-9,11-14,16-18H,3-4,6-7,10H2,1-2H3,(H,24,25,27)/t12-,13+,16+,17?,18+/m1/s1. The third-order valence-corrected chi connectivity index (χ3v) is 6.69. The number of rotatable bonds is 4. The Bertz CT molecular complexity index is 800. The van der Waals surface area contributed by atoms with Crippen LogP contribution in [0.2, 0.25) is 0 Å². The van der Waals surface area contributed by atoms with E-state index in [1.165, 1.54) is 50.1 Å². The summed E-state index contributed by atoms with van der Waals surface area (Å²) in [6.45, 7) is 5.34. The summed E-state index contributed by atoms with van der Waals surface area (Å²) >= 11 is 0. The topological polar surface area (TPSA) is 70.5 Å². The summed E-state index contributed by atoms with van der Waals surface area (Å²) in [5.41, 5.74) is 1.85. The predicted molar refractivity (Wildman–Crippen MR) is 102 cm³/mol. The summed E-state index contributed by atoms with van der Waals surface area (Å²) in [6.07, 6.45) is 12.6. The molecule has 1 aromatic heterocycles. The molecule has 3 aliphatic carbocycles. The van der Waals surface area contributed by atoms with Crippen molar-refractivity contribution in [2.45, 2.75) is 39.5 Å². The van der Waals surface area contributed by atoms with Crippen LogP contribution in [0.5, 0.6) is 0 Å². The van der Waals surface area contributed by atoms with Crippen LogP contribution >= 0.6 is 0 Å². The van der Waals surface area contributed by atoms with Crippen molar-refractivity contribution in [2.75, 3.05) is 6.54 Å². The quantitative estimate of drug-likeness (QED) is 0.890. The monoisotopic (exact) mass is 365 g/mol. The minimum Gasteiger partial charge on any atom is -0.308 e. The Labute approximate surface area is 160 Å². The van der Waals surface area contributed by atoms with Gasteiger partial charge in [0.15, 0.2) is 0 Å². The van der Waals surface area contributed by atoms with Crippen molar-refractivity contribution in [2.24, 2.45) is 40.6 Å². The normalized spacial score (nSPS) is 34.6. The van der Waals surface area contributed by atoms with E-state index in [1.54, 1.807) is 0 Å². The molecule has 1 amide bonds. The summed E-state index contributed by atoms with van der Waals surface area (Å²) in [4.78, 5) is 20.2. The van der Waals surface area contributed by atoms with Crippen LogP contribution in [0, 0.1) is 35.5 Å². The number of carbonyl (C=O) groups is 1. The van der Waals surface area contributed by atoms with Gasteiger partial charge in [-0.25, -0.2) is 9.97 Å². The first-order valence-corrected chi connectivity index (χ1v) is 10.2. The van der Waals surface area contributed by atoms with Crippen LogP contribution in [0.1, 0.15) is 49.9 Å². The van der Waals surface area contributed by atoms with Gasteiger partial charge in [0, 0.05) is 29.9 Å². The molecule has 0 bridgehead atoms. The van der Waals surface area contributed by atoms with Crippen molar-refractivity contribution >= 4 is 11.7 Å². The van der Waals surface area contributed by atoms with Crippen molar-refractivity contribution in [3.05, 3.63) is 36.1 Å². The second-order valence-corrected chi connectivity index (χ2v) is 8.85. The van der Waals surface area contributed by atoms with Gasteiger partial charge >= 0.3 is 0 Å². The number of aromatic nitrogens is 2. The Morgan fingerprint density at radius 2 is 2.04 bits per heavy atom. The van der Waals surface area contributed by atoms with Gasteiger partial charge in [-0.15, -0.1) is 0 Å². The fraction of sp³-hybridized carbons (Fsp3) is 0.619. The Hall–Kier alpha value is -2.24. The smallest absolute Gasteiger partial charge is 0.259 e. The molecule has 0 radical (unpaired) electrons. The zero-order valence-corrected chi connectivity index (χ0v) is 16.0. The molecule has 5 atom stereocenters. The van der Waals surface area contributed by atoms with E-state index in [2.05, 4.69) is 40.2 Å². The van der Waals surface area contributed by atoms with E-state index in [0.29, 0.717) is 17.4 Å². The number of fused-ring (bicyclic) bond motifs is 1. The van der Waals surface area contributed by atoms with Gasteiger partial charge in [0.2, 0.25) is 0 Å². The van der Waals surface area contributed by atoms with E-state index in [4.69, 9.17) is 5.10 Å². The van der Waals surface area contributed by atoms with Gasteiger partial charge in [0.05, 0.1) is 12.1 Å². The van der Waals surface area contributed by atoms with Gasteiger partial charge in [-0.1, -0.05) is 32.8 Å². The molecule has 1 aliphatic heterocycles. The molecule has 0 spiro atoms. The van der Waals surface area contributed by atoms with E-state index < -0.39 is 0 Å². The lowest BCUT2D eigenvalue weighted by molar-refractivity contribution is 0.0975. The van der Waals surface area contributed by atoms with Crippen LogP contribution in [0.15, 0.2) is 35.6 Å². The number of amidine groups is 1. The molecule has 4 aliphatic rings. The molecule has 0 saturated heterocycles.